The third-order valence-electron chi connectivity index (χ3n) is 11.0. The van der Waals surface area contributed by atoms with Gasteiger partial charge < -0.3 is 19.7 Å². The molecular weight excluding hydrogens is 850 g/mol. The van der Waals surface area contributed by atoms with Gasteiger partial charge in [0.05, 0.1) is 38.3 Å². The highest BCUT2D eigenvalue weighted by molar-refractivity contribution is 7.90. The molecule has 2 N–H and O–H groups in total. The predicted octanol–water partition coefficient (Wildman–Crippen LogP) is 8.20. The zero-order valence-electron chi connectivity index (χ0n) is 34.1. The van der Waals surface area contributed by atoms with Crippen molar-refractivity contribution >= 4 is 66.1 Å². The zero-order valence-corrected chi connectivity index (χ0v) is 36.5. The number of anilines is 2. The number of sulfonamides is 1. The Balaban J connectivity index is 0.994. The summed E-state index contributed by atoms with van der Waals surface area (Å²) >= 11 is 7.67. The first-order valence-corrected chi connectivity index (χ1v) is 23.1. The number of aryl methyl sites for hydroxylation is 1. The molecule has 0 saturated carbocycles. The molecule has 0 spiro atoms. The number of aromatic nitrogens is 1. The molecule has 0 aliphatic carbocycles. The van der Waals surface area contributed by atoms with E-state index in [2.05, 4.69) is 47.9 Å². The summed E-state index contributed by atoms with van der Waals surface area (Å²) < 4.78 is 42.3. The molecule has 6 aromatic rings. The number of morpholine rings is 1. The number of halogens is 1. The minimum atomic E-state index is -4.56. The number of carbonyl (C=O) groups excluding carboxylic acids is 1. The van der Waals surface area contributed by atoms with Gasteiger partial charge in [0.1, 0.15) is 17.0 Å². The van der Waals surface area contributed by atoms with Crippen molar-refractivity contribution in [3.8, 4) is 22.6 Å². The maximum atomic E-state index is 14.0. The van der Waals surface area contributed by atoms with Crippen LogP contribution in [0.25, 0.3) is 21.3 Å². The number of fused-ring (bicyclic) bond motifs is 1. The summed E-state index contributed by atoms with van der Waals surface area (Å²) in [6.45, 7) is 9.87. The second-order valence-corrected chi connectivity index (χ2v) is 18.5. The van der Waals surface area contributed by atoms with Gasteiger partial charge in [0.15, 0.2) is 5.75 Å². The number of nitrogens with zero attached hydrogens (tertiary/aromatic N) is 5. The van der Waals surface area contributed by atoms with Gasteiger partial charge in [0.25, 0.3) is 21.6 Å². The van der Waals surface area contributed by atoms with Crippen molar-refractivity contribution in [2.75, 3.05) is 75.8 Å². The highest BCUT2D eigenvalue weighted by atomic mass is 35.5. The molecule has 2 fully saturated rings. The van der Waals surface area contributed by atoms with E-state index >= 15 is 0 Å². The molecule has 2 aliphatic heterocycles. The number of amides is 1. The first kappa shape index (κ1) is 43.0. The molecule has 17 heteroatoms. The van der Waals surface area contributed by atoms with Crippen LogP contribution < -0.4 is 19.7 Å². The van der Waals surface area contributed by atoms with Gasteiger partial charge in [-0.25, -0.2) is 18.1 Å². The highest BCUT2D eigenvalue weighted by Gasteiger charge is 2.27. The van der Waals surface area contributed by atoms with Gasteiger partial charge in [-0.3, -0.25) is 24.7 Å². The van der Waals surface area contributed by atoms with E-state index in [9.17, 15) is 23.3 Å². The van der Waals surface area contributed by atoms with Crippen LogP contribution in [0, 0.1) is 17.0 Å². The van der Waals surface area contributed by atoms with E-state index in [4.69, 9.17) is 21.1 Å². The van der Waals surface area contributed by atoms with Crippen LogP contribution in [-0.4, -0.2) is 99.6 Å². The van der Waals surface area contributed by atoms with Crippen LogP contribution in [0.5, 0.6) is 11.5 Å². The van der Waals surface area contributed by atoms with Crippen LogP contribution in [0.2, 0.25) is 5.02 Å². The number of benzene rings is 5. The lowest BCUT2D eigenvalue weighted by Gasteiger charge is -2.36. The summed E-state index contributed by atoms with van der Waals surface area (Å²) in [5.41, 5.74) is 4.63. The summed E-state index contributed by atoms with van der Waals surface area (Å²) in [4.78, 5) is 36.5. The normalized spacial score (nSPS) is 15.1. The Labute approximate surface area is 369 Å². The van der Waals surface area contributed by atoms with Crippen LogP contribution in [0.15, 0.2) is 108 Å². The van der Waals surface area contributed by atoms with E-state index in [0.29, 0.717) is 49.1 Å². The van der Waals surface area contributed by atoms with Gasteiger partial charge in [-0.05, 0) is 85.1 Å². The Kier molecular flexibility index (Phi) is 13.3. The van der Waals surface area contributed by atoms with E-state index in [1.165, 1.54) is 29.0 Å². The maximum Gasteiger partial charge on any atom is 0.293 e. The Morgan fingerprint density at radius 2 is 1.68 bits per heavy atom. The Bertz CT molecular complexity index is 2680. The van der Waals surface area contributed by atoms with Gasteiger partial charge >= 0.3 is 0 Å². The quantitative estimate of drug-likeness (QED) is 0.0579. The van der Waals surface area contributed by atoms with Crippen molar-refractivity contribution in [3.63, 3.8) is 0 Å². The zero-order chi connectivity index (χ0) is 43.2. The lowest BCUT2D eigenvalue weighted by Crippen LogP contribution is -2.46. The molecule has 0 atom stereocenters. The number of nitro benzene ring substituents is 1. The van der Waals surface area contributed by atoms with Crippen LogP contribution >= 0.6 is 22.9 Å². The van der Waals surface area contributed by atoms with E-state index in [0.717, 1.165) is 78.3 Å². The van der Waals surface area contributed by atoms with E-state index in [1.54, 1.807) is 24.3 Å². The van der Waals surface area contributed by atoms with E-state index in [1.807, 2.05) is 49.4 Å². The number of hydrogen-bond acceptors (Lipinski definition) is 13. The predicted molar refractivity (Wildman–Crippen MR) is 243 cm³/mol. The lowest BCUT2D eigenvalue weighted by atomic mass is 9.99. The SMILES string of the molecule is Cc1nc2c(Oc3cc(N4CCN(Cc5ccccc5-c5ccc(Cl)cc5)CC4)ccc3C(=O)NS(=O)(=O)c3ccc(NCCCN4CCOCC4)c([N+](=O)[O-])c3)cccc2s1. The van der Waals surface area contributed by atoms with Crippen LogP contribution in [0.1, 0.15) is 27.3 Å². The van der Waals surface area contributed by atoms with Crippen molar-refractivity contribution in [2.24, 2.45) is 0 Å². The topological polar surface area (TPSA) is 159 Å². The van der Waals surface area contributed by atoms with Gasteiger partial charge in [-0.2, -0.15) is 0 Å². The van der Waals surface area contributed by atoms with Crippen molar-refractivity contribution in [3.05, 3.63) is 134 Å². The largest absolute Gasteiger partial charge is 0.454 e. The van der Waals surface area contributed by atoms with Crippen LogP contribution in [0.3, 0.4) is 0 Å². The fourth-order valence-electron chi connectivity index (χ4n) is 7.75. The standard InChI is InChI=1S/C45H46ClN7O7S2/c1-31-48-44-41(8-4-9-43(44)61-31)60-42-28-35(52-22-20-51(21-23-52)30-33-6-2-3-7-37(33)32-10-12-34(46)13-11-32)14-16-38(42)45(54)49-62(57,58)36-15-17-39(40(29-36)53(55)56)47-18-5-19-50-24-26-59-27-25-50/h2-4,6-17,28-29,47H,5,18-27,30H2,1H3,(H,49,54). The van der Waals surface area contributed by atoms with E-state index in [-0.39, 0.29) is 17.0 Å². The van der Waals surface area contributed by atoms with E-state index < -0.39 is 31.4 Å². The third-order valence-corrected chi connectivity index (χ3v) is 13.5. The first-order valence-electron chi connectivity index (χ1n) is 20.4. The smallest absolute Gasteiger partial charge is 0.293 e. The molecule has 62 heavy (non-hydrogen) atoms. The number of para-hydroxylation sites is 1. The Morgan fingerprint density at radius 3 is 2.45 bits per heavy atom. The second kappa shape index (κ2) is 19.2. The summed E-state index contributed by atoms with van der Waals surface area (Å²) in [5.74, 6) is -0.408. The first-order chi connectivity index (χ1) is 30.0. The number of ether oxygens (including phenoxy) is 2. The van der Waals surface area contributed by atoms with Crippen LogP contribution in [0.4, 0.5) is 17.1 Å². The molecule has 2 saturated heterocycles. The molecule has 2 aliphatic rings. The summed E-state index contributed by atoms with van der Waals surface area (Å²) in [7, 11) is -4.56. The number of hydrogen-bond donors (Lipinski definition) is 2. The second-order valence-electron chi connectivity index (χ2n) is 15.2. The minimum absolute atomic E-state index is 0.0354. The van der Waals surface area contributed by atoms with Gasteiger partial charge in [-0.1, -0.05) is 54.1 Å². The van der Waals surface area contributed by atoms with Gasteiger partial charge in [0.2, 0.25) is 0 Å². The highest BCUT2D eigenvalue weighted by Crippen LogP contribution is 2.37. The van der Waals surface area contributed by atoms with Crippen LogP contribution in [-0.2, 0) is 21.3 Å². The molecule has 0 bridgehead atoms. The molecule has 3 heterocycles. The van der Waals surface area contributed by atoms with Crippen molar-refractivity contribution < 1.29 is 27.6 Å². The third kappa shape index (κ3) is 10.2. The Hall–Kier alpha value is -5.62. The minimum Gasteiger partial charge on any atom is -0.454 e. The summed E-state index contributed by atoms with van der Waals surface area (Å²) in [6, 6.07) is 30.4. The molecule has 0 unspecified atom stereocenters. The number of nitro groups is 1. The van der Waals surface area contributed by atoms with Crippen molar-refractivity contribution in [1.82, 2.24) is 19.5 Å². The van der Waals surface area contributed by atoms with Crippen molar-refractivity contribution in [2.45, 2.75) is 24.8 Å². The molecule has 1 amide bonds. The summed E-state index contributed by atoms with van der Waals surface area (Å²) in [6.07, 6.45) is 0.726. The molecule has 5 aromatic carbocycles. The number of rotatable bonds is 15. The molecule has 0 radical (unpaired) electrons. The van der Waals surface area contributed by atoms with Crippen molar-refractivity contribution in [1.29, 1.82) is 0 Å². The molecule has 14 nitrogen and oxygen atoms in total. The Morgan fingerprint density at radius 1 is 0.903 bits per heavy atom. The van der Waals surface area contributed by atoms with Gasteiger partial charge in [0, 0.05) is 75.2 Å². The number of nitrogens with one attached hydrogen (secondary N) is 2. The number of piperazine rings is 1. The fraction of sp³-hybridized carbons (Fsp3) is 0.289. The molecule has 322 valence electrons. The van der Waals surface area contributed by atoms with Gasteiger partial charge in [-0.15, -0.1) is 11.3 Å². The fourth-order valence-corrected chi connectivity index (χ4v) is 9.71. The molecule has 8 rings (SSSR count). The average Bonchev–Trinajstić information content (AvgIpc) is 3.67. The monoisotopic (exact) mass is 895 g/mol. The number of thiazole rings is 1. The summed E-state index contributed by atoms with van der Waals surface area (Å²) in [5, 5.41) is 16.7. The molecule has 1 aromatic heterocycles. The average molecular weight is 896 g/mol. The number of carbonyl (C=O) groups is 1. The lowest BCUT2D eigenvalue weighted by molar-refractivity contribution is -0.384. The maximum absolute atomic E-state index is 14.0. The molecular formula is C45H46ClN7O7S2.